The summed E-state index contributed by atoms with van der Waals surface area (Å²) in [5.74, 6) is 2.96. The highest BCUT2D eigenvalue weighted by Crippen LogP contribution is 2.40. The lowest BCUT2D eigenvalue weighted by atomic mass is 9.75. The Morgan fingerprint density at radius 1 is 0.692 bits per heavy atom. The lowest BCUT2D eigenvalue weighted by Crippen LogP contribution is -2.43. The number of ether oxygens (including phenoxy) is 2. The Bertz CT molecular complexity index is 1180. The summed E-state index contributed by atoms with van der Waals surface area (Å²) in [6, 6.07) is 9.16. The minimum atomic E-state index is -0.655. The molecule has 7 nitrogen and oxygen atoms in total. The zero-order chi connectivity index (χ0) is 27.8. The maximum Gasteiger partial charge on any atom is 0.354 e. The highest BCUT2D eigenvalue weighted by atomic mass is 16.5. The maximum absolute atomic E-state index is 14.0. The van der Waals surface area contributed by atoms with Crippen LogP contribution in [0.4, 0.5) is 0 Å². The molecule has 2 aromatic rings. The zero-order valence-electron chi connectivity index (χ0n) is 24.5. The minimum absolute atomic E-state index is 0.0286. The van der Waals surface area contributed by atoms with Crippen LogP contribution < -0.4 is 11.4 Å². The van der Waals surface area contributed by atoms with E-state index in [-0.39, 0.29) is 12.2 Å². The van der Waals surface area contributed by atoms with E-state index < -0.39 is 23.8 Å². The third kappa shape index (κ3) is 5.62. The number of hydrogen-bond donors (Lipinski definition) is 0. The zero-order valence-corrected chi connectivity index (χ0v) is 24.5. The van der Waals surface area contributed by atoms with Gasteiger partial charge in [-0.2, -0.15) is 9.36 Å². The van der Waals surface area contributed by atoms with Crippen LogP contribution in [0.2, 0.25) is 0 Å². The van der Waals surface area contributed by atoms with Crippen LogP contribution in [0.15, 0.2) is 52.1 Å². The summed E-state index contributed by atoms with van der Waals surface area (Å²) in [6.07, 6.45) is 9.18. The first-order valence-corrected chi connectivity index (χ1v) is 15.2. The Morgan fingerprint density at radius 2 is 1.13 bits per heavy atom. The molecule has 8 unspecified atom stereocenters. The van der Waals surface area contributed by atoms with Gasteiger partial charge in [-0.3, -0.25) is 0 Å². The predicted molar refractivity (Wildman–Crippen MR) is 154 cm³/mol. The lowest BCUT2D eigenvalue weighted by Gasteiger charge is -2.41. The predicted octanol–water partition coefficient (Wildman–Crippen LogP) is 6.32. The Balaban J connectivity index is 1.54. The molecule has 0 N–H and O–H groups in total. The van der Waals surface area contributed by atoms with E-state index in [1.165, 1.54) is 26.8 Å². The highest BCUT2D eigenvalue weighted by Gasteiger charge is 2.39. The summed E-state index contributed by atoms with van der Waals surface area (Å²) in [4.78, 5) is 27.9. The molecule has 1 aliphatic heterocycles. The quantitative estimate of drug-likeness (QED) is 0.388. The van der Waals surface area contributed by atoms with Gasteiger partial charge in [-0.05, 0) is 85.5 Å². The first-order valence-electron chi connectivity index (χ1n) is 15.2. The van der Waals surface area contributed by atoms with E-state index in [0.717, 1.165) is 25.7 Å². The van der Waals surface area contributed by atoms with Crippen LogP contribution in [0.25, 0.3) is 5.69 Å². The normalized spacial score (nSPS) is 33.0. The molecule has 0 saturated heterocycles. The van der Waals surface area contributed by atoms with Crippen molar-refractivity contribution in [3.8, 4) is 5.69 Å². The molecule has 214 valence electrons. The van der Waals surface area contributed by atoms with Crippen molar-refractivity contribution in [2.24, 2.45) is 35.5 Å². The fraction of sp³-hybridized carbons (Fsp3) is 0.688. The van der Waals surface area contributed by atoms with E-state index in [0.29, 0.717) is 41.2 Å². The van der Waals surface area contributed by atoms with E-state index in [2.05, 4.69) is 41.5 Å². The minimum Gasteiger partial charge on any atom is -0.349 e. The Morgan fingerprint density at radius 3 is 1.54 bits per heavy atom. The number of benzene rings is 1. The van der Waals surface area contributed by atoms with Gasteiger partial charge in [-0.25, -0.2) is 14.2 Å². The molecule has 1 aromatic heterocycles. The molecule has 0 amide bonds. The van der Waals surface area contributed by atoms with Crippen molar-refractivity contribution in [1.29, 1.82) is 0 Å². The van der Waals surface area contributed by atoms with Gasteiger partial charge in [0, 0.05) is 0 Å². The fourth-order valence-electron chi connectivity index (χ4n) is 7.19. The van der Waals surface area contributed by atoms with Gasteiger partial charge in [-0.1, -0.05) is 72.6 Å². The molecule has 0 radical (unpaired) electrons. The van der Waals surface area contributed by atoms with Gasteiger partial charge in [0.25, 0.3) is 0 Å². The number of aromatic nitrogens is 3. The van der Waals surface area contributed by atoms with Crippen molar-refractivity contribution in [2.75, 3.05) is 0 Å². The number of hydrogen-bond acceptors (Lipinski definition) is 4. The van der Waals surface area contributed by atoms with Crippen molar-refractivity contribution >= 4 is 0 Å². The van der Waals surface area contributed by atoms with Crippen molar-refractivity contribution < 1.29 is 9.47 Å². The van der Waals surface area contributed by atoms with Crippen LogP contribution in [-0.4, -0.2) is 26.1 Å². The van der Waals surface area contributed by atoms with Crippen LogP contribution in [-0.2, 0) is 9.47 Å². The van der Waals surface area contributed by atoms with Gasteiger partial charge in [0.05, 0.1) is 17.9 Å². The van der Waals surface area contributed by atoms with Crippen molar-refractivity contribution in [1.82, 2.24) is 13.9 Å². The maximum atomic E-state index is 14.0. The van der Waals surface area contributed by atoms with Crippen LogP contribution in [0, 0.1) is 35.5 Å². The van der Waals surface area contributed by atoms with E-state index in [9.17, 15) is 9.59 Å². The first-order chi connectivity index (χ1) is 18.7. The molecule has 2 saturated carbocycles. The smallest absolute Gasteiger partial charge is 0.349 e. The summed E-state index contributed by atoms with van der Waals surface area (Å²) >= 11 is 0. The van der Waals surface area contributed by atoms with Crippen molar-refractivity contribution in [3.05, 3.63) is 63.5 Å². The van der Waals surface area contributed by atoms with E-state index in [1.54, 1.807) is 12.1 Å². The second-order valence-corrected chi connectivity index (χ2v) is 13.1. The monoisotopic (exact) mass is 537 g/mol. The molecule has 2 fully saturated rings. The fourth-order valence-corrected chi connectivity index (χ4v) is 7.19. The van der Waals surface area contributed by atoms with Crippen molar-refractivity contribution in [3.63, 3.8) is 0 Å². The second-order valence-electron chi connectivity index (χ2n) is 13.1. The Hall–Kier alpha value is -2.38. The summed E-state index contributed by atoms with van der Waals surface area (Å²) in [6.45, 7) is 13.6. The largest absolute Gasteiger partial charge is 0.354 e. The van der Waals surface area contributed by atoms with E-state index in [1.807, 2.05) is 30.4 Å². The van der Waals surface area contributed by atoms with E-state index >= 15 is 0 Å². The van der Waals surface area contributed by atoms with Crippen molar-refractivity contribution in [2.45, 2.75) is 105 Å². The molecule has 1 aromatic carbocycles. The first kappa shape index (κ1) is 28.2. The molecule has 2 aliphatic carbocycles. The summed E-state index contributed by atoms with van der Waals surface area (Å²) in [7, 11) is 0. The average Bonchev–Trinajstić information content (AvgIpc) is 3.16. The molecular formula is C32H47N3O4. The van der Waals surface area contributed by atoms with Crippen LogP contribution in [0.3, 0.4) is 0 Å². The summed E-state index contributed by atoms with van der Waals surface area (Å²) in [5, 5.41) is 0. The number of para-hydroxylation sites is 1. The van der Waals surface area contributed by atoms with Gasteiger partial charge in [-0.15, -0.1) is 0 Å². The molecule has 3 aliphatic rings. The molecule has 0 spiro atoms. The van der Waals surface area contributed by atoms with Crippen LogP contribution in [0.1, 0.15) is 92.5 Å². The standard InChI is InChI=1S/C32H47N3O4/c1-20(2)25-14-12-22(5)18-27(25)38-29-16-17-30(39-28-19-23(6)13-15-26(28)21(3)4)35-32(37)33(31(36)34(29)35)24-10-8-7-9-11-24/h7-11,16-17,20-23,25-30H,12-15,18-19H2,1-6H3. The second kappa shape index (κ2) is 11.6. The number of nitrogens with zero attached hydrogens (tertiary/aromatic N) is 3. The Labute approximate surface area is 232 Å². The van der Waals surface area contributed by atoms with Gasteiger partial charge in [0.15, 0.2) is 12.5 Å². The number of fused-ring (bicyclic) bond motifs is 1. The van der Waals surface area contributed by atoms with Gasteiger partial charge in [0.1, 0.15) is 0 Å². The molecular weight excluding hydrogens is 490 g/mol. The highest BCUT2D eigenvalue weighted by molar-refractivity contribution is 5.30. The van der Waals surface area contributed by atoms with Gasteiger partial charge in [0.2, 0.25) is 0 Å². The molecule has 5 rings (SSSR count). The Kier molecular flexibility index (Phi) is 8.39. The molecule has 39 heavy (non-hydrogen) atoms. The molecule has 7 heteroatoms. The lowest BCUT2D eigenvalue weighted by molar-refractivity contribution is -0.133. The molecule has 2 heterocycles. The van der Waals surface area contributed by atoms with Crippen LogP contribution in [0.5, 0.6) is 0 Å². The average molecular weight is 538 g/mol. The molecule has 0 bridgehead atoms. The van der Waals surface area contributed by atoms with Gasteiger partial charge >= 0.3 is 11.4 Å². The van der Waals surface area contributed by atoms with Gasteiger partial charge < -0.3 is 9.47 Å². The topological polar surface area (TPSA) is 67.4 Å². The summed E-state index contributed by atoms with van der Waals surface area (Å²) < 4.78 is 17.8. The summed E-state index contributed by atoms with van der Waals surface area (Å²) in [5.41, 5.74) is -0.231. The number of rotatable bonds is 7. The SMILES string of the molecule is CC1CCC(C(C)C)C(OC2C=CC(OC3CC(C)CCC3C(C)C)n3c(=O)n(-c4ccccc4)c(=O)n32)C1. The van der Waals surface area contributed by atoms with Crippen LogP contribution >= 0.6 is 0 Å². The van der Waals surface area contributed by atoms with E-state index in [4.69, 9.17) is 9.47 Å². The third-order valence-corrected chi connectivity index (χ3v) is 9.49. The third-order valence-electron chi connectivity index (χ3n) is 9.49. The molecule has 8 atom stereocenters.